The van der Waals surface area contributed by atoms with Crippen molar-refractivity contribution in [1.29, 1.82) is 0 Å². The van der Waals surface area contributed by atoms with Crippen molar-refractivity contribution in [2.24, 2.45) is 0 Å². The van der Waals surface area contributed by atoms with Gasteiger partial charge in [-0.2, -0.15) is 0 Å². The van der Waals surface area contributed by atoms with Crippen LogP contribution in [0.3, 0.4) is 0 Å². The van der Waals surface area contributed by atoms with Crippen LogP contribution in [0.25, 0.3) is 33.4 Å². The standard InChI is InChI=1S/C26H22N4O4/c31-24-2-1-9-30(24)20-5-3-16(4-6-20)17-10-18(13-27-12-17)21-7-8-28-26-22(21)11-23(34-26)25(32)29-19-14-33-15-19/h3-8,10-13,19H,1-2,9,14-15H2,(H,29,32). The van der Waals surface area contributed by atoms with E-state index in [0.717, 1.165) is 46.3 Å². The molecule has 3 aromatic heterocycles. The van der Waals surface area contributed by atoms with E-state index in [4.69, 9.17) is 9.15 Å². The fourth-order valence-electron chi connectivity index (χ4n) is 4.38. The Balaban J connectivity index is 1.30. The molecule has 8 heteroatoms. The van der Waals surface area contributed by atoms with Gasteiger partial charge >= 0.3 is 0 Å². The van der Waals surface area contributed by atoms with E-state index in [1.807, 2.05) is 41.4 Å². The summed E-state index contributed by atoms with van der Waals surface area (Å²) in [6.07, 6.45) is 6.78. The van der Waals surface area contributed by atoms with E-state index < -0.39 is 0 Å². The van der Waals surface area contributed by atoms with Crippen molar-refractivity contribution in [3.63, 3.8) is 0 Å². The van der Waals surface area contributed by atoms with Crippen LogP contribution in [0.5, 0.6) is 0 Å². The first-order valence-electron chi connectivity index (χ1n) is 11.3. The average molecular weight is 454 g/mol. The van der Waals surface area contributed by atoms with Gasteiger partial charge in [0.2, 0.25) is 11.6 Å². The van der Waals surface area contributed by atoms with Gasteiger partial charge in [0.05, 0.1) is 19.3 Å². The van der Waals surface area contributed by atoms with E-state index in [-0.39, 0.29) is 23.6 Å². The Bertz CT molecular complexity index is 1390. The number of nitrogens with zero attached hydrogens (tertiary/aromatic N) is 3. The number of benzene rings is 1. The second-order valence-corrected chi connectivity index (χ2v) is 8.55. The molecule has 0 radical (unpaired) electrons. The van der Waals surface area contributed by atoms with Crippen molar-refractivity contribution in [2.45, 2.75) is 18.9 Å². The number of carbonyl (C=O) groups excluding carboxylic acids is 2. The maximum absolute atomic E-state index is 12.5. The van der Waals surface area contributed by atoms with E-state index in [1.54, 1.807) is 18.5 Å². The lowest BCUT2D eigenvalue weighted by Gasteiger charge is -2.26. The molecule has 0 spiro atoms. The minimum Gasteiger partial charge on any atom is -0.433 e. The van der Waals surface area contributed by atoms with Gasteiger partial charge in [-0.25, -0.2) is 4.98 Å². The number of pyridine rings is 2. The van der Waals surface area contributed by atoms with Gasteiger partial charge in [0.25, 0.3) is 5.91 Å². The summed E-state index contributed by atoms with van der Waals surface area (Å²) < 4.78 is 10.8. The van der Waals surface area contributed by atoms with Crippen LogP contribution in [0.15, 0.2) is 65.5 Å². The quantitative estimate of drug-likeness (QED) is 0.493. The Morgan fingerprint density at radius 3 is 2.59 bits per heavy atom. The number of aromatic nitrogens is 2. The summed E-state index contributed by atoms with van der Waals surface area (Å²) in [7, 11) is 0. The number of hydrogen-bond donors (Lipinski definition) is 1. The first-order valence-corrected chi connectivity index (χ1v) is 11.3. The Morgan fingerprint density at radius 2 is 1.85 bits per heavy atom. The molecule has 0 bridgehead atoms. The van der Waals surface area contributed by atoms with Crippen molar-refractivity contribution in [3.8, 4) is 22.3 Å². The van der Waals surface area contributed by atoms with Crippen molar-refractivity contribution in [1.82, 2.24) is 15.3 Å². The molecule has 170 valence electrons. The van der Waals surface area contributed by atoms with Crippen LogP contribution in [0, 0.1) is 0 Å². The Labute approximate surface area is 195 Å². The molecule has 2 amide bonds. The second-order valence-electron chi connectivity index (χ2n) is 8.55. The summed E-state index contributed by atoms with van der Waals surface area (Å²) in [6.45, 7) is 1.80. The second kappa shape index (κ2) is 8.39. The van der Waals surface area contributed by atoms with Crippen molar-refractivity contribution in [3.05, 3.63) is 66.8 Å². The maximum atomic E-state index is 12.5. The van der Waals surface area contributed by atoms with Crippen LogP contribution < -0.4 is 10.2 Å². The zero-order valence-electron chi connectivity index (χ0n) is 18.4. The molecule has 34 heavy (non-hydrogen) atoms. The number of anilines is 1. The summed E-state index contributed by atoms with van der Waals surface area (Å²) in [6, 6.07) is 13.7. The van der Waals surface area contributed by atoms with E-state index in [0.29, 0.717) is 25.3 Å². The highest BCUT2D eigenvalue weighted by Crippen LogP contribution is 2.32. The van der Waals surface area contributed by atoms with Crippen LogP contribution in [0.2, 0.25) is 0 Å². The van der Waals surface area contributed by atoms with E-state index in [2.05, 4.69) is 21.4 Å². The Morgan fingerprint density at radius 1 is 1.03 bits per heavy atom. The van der Waals surface area contributed by atoms with Gasteiger partial charge < -0.3 is 19.4 Å². The molecular formula is C26H22N4O4. The number of amides is 2. The highest BCUT2D eigenvalue weighted by Gasteiger charge is 2.24. The molecule has 5 heterocycles. The zero-order chi connectivity index (χ0) is 23.1. The van der Waals surface area contributed by atoms with Crippen LogP contribution in [0.1, 0.15) is 23.4 Å². The Kier molecular flexibility index (Phi) is 5.07. The minimum atomic E-state index is -0.277. The smallest absolute Gasteiger partial charge is 0.287 e. The fraction of sp³-hybridized carbons (Fsp3) is 0.231. The summed E-state index contributed by atoms with van der Waals surface area (Å²) in [5, 5.41) is 3.64. The number of rotatable bonds is 5. The molecule has 8 nitrogen and oxygen atoms in total. The van der Waals surface area contributed by atoms with E-state index in [1.165, 1.54) is 0 Å². The molecule has 0 saturated carbocycles. The number of ether oxygens (including phenoxy) is 1. The summed E-state index contributed by atoms with van der Waals surface area (Å²) >= 11 is 0. The molecule has 2 saturated heterocycles. The molecule has 2 aliphatic heterocycles. The topological polar surface area (TPSA) is 97.6 Å². The first kappa shape index (κ1) is 20.6. The van der Waals surface area contributed by atoms with Gasteiger partial charge in [0, 0.05) is 53.8 Å². The molecule has 4 aromatic rings. The molecule has 2 fully saturated rings. The normalized spacial score (nSPS) is 16.1. The van der Waals surface area contributed by atoms with Gasteiger partial charge in [0.15, 0.2) is 5.76 Å². The van der Waals surface area contributed by atoms with E-state index in [9.17, 15) is 9.59 Å². The van der Waals surface area contributed by atoms with Crippen LogP contribution in [-0.4, -0.2) is 47.6 Å². The number of carbonyl (C=O) groups is 2. The summed E-state index contributed by atoms with van der Waals surface area (Å²) in [5.74, 6) is 0.117. The third kappa shape index (κ3) is 3.72. The molecule has 0 aliphatic carbocycles. The maximum Gasteiger partial charge on any atom is 0.287 e. The molecular weight excluding hydrogens is 432 g/mol. The lowest BCUT2D eigenvalue weighted by Crippen LogP contribution is -2.48. The van der Waals surface area contributed by atoms with Crippen molar-refractivity contribution in [2.75, 3.05) is 24.7 Å². The predicted molar refractivity (Wildman–Crippen MR) is 126 cm³/mol. The third-order valence-electron chi connectivity index (χ3n) is 6.27. The lowest BCUT2D eigenvalue weighted by molar-refractivity contribution is -0.117. The van der Waals surface area contributed by atoms with Crippen molar-refractivity contribution < 1.29 is 18.7 Å². The van der Waals surface area contributed by atoms with Gasteiger partial charge in [-0.05, 0) is 47.9 Å². The fourth-order valence-corrected chi connectivity index (χ4v) is 4.38. The highest BCUT2D eigenvalue weighted by molar-refractivity contribution is 6.00. The third-order valence-corrected chi connectivity index (χ3v) is 6.27. The molecule has 6 rings (SSSR count). The number of fused-ring (bicyclic) bond motifs is 1. The highest BCUT2D eigenvalue weighted by atomic mass is 16.5. The molecule has 1 aromatic carbocycles. The van der Waals surface area contributed by atoms with E-state index >= 15 is 0 Å². The van der Waals surface area contributed by atoms with Gasteiger partial charge in [-0.1, -0.05) is 12.1 Å². The van der Waals surface area contributed by atoms with Gasteiger partial charge in [-0.3, -0.25) is 14.6 Å². The predicted octanol–water partition coefficient (Wildman–Crippen LogP) is 3.81. The molecule has 0 unspecified atom stereocenters. The lowest BCUT2D eigenvalue weighted by atomic mass is 10.0. The first-order chi connectivity index (χ1) is 16.7. The zero-order valence-corrected chi connectivity index (χ0v) is 18.4. The average Bonchev–Trinajstić information content (AvgIpc) is 3.47. The summed E-state index contributed by atoms with van der Waals surface area (Å²) in [4.78, 5) is 35.1. The van der Waals surface area contributed by atoms with Crippen LogP contribution >= 0.6 is 0 Å². The number of furan rings is 1. The molecule has 2 aliphatic rings. The largest absolute Gasteiger partial charge is 0.433 e. The number of hydrogen-bond acceptors (Lipinski definition) is 6. The molecule has 0 atom stereocenters. The van der Waals surface area contributed by atoms with Gasteiger partial charge in [0.1, 0.15) is 0 Å². The Hall–Kier alpha value is -4.04. The molecule has 1 N–H and O–H groups in total. The SMILES string of the molecule is O=C(NC1COC1)c1cc2c(-c3cncc(-c4ccc(N5CCCC5=O)cc4)c3)ccnc2o1. The summed E-state index contributed by atoms with van der Waals surface area (Å²) in [5.41, 5.74) is 5.05. The minimum absolute atomic E-state index is 0.0176. The monoisotopic (exact) mass is 454 g/mol. The van der Waals surface area contributed by atoms with Gasteiger partial charge in [-0.15, -0.1) is 0 Å². The van der Waals surface area contributed by atoms with Crippen LogP contribution in [-0.2, 0) is 9.53 Å². The van der Waals surface area contributed by atoms with Crippen LogP contribution in [0.4, 0.5) is 5.69 Å². The number of nitrogens with one attached hydrogen (secondary N) is 1. The van der Waals surface area contributed by atoms with Crippen molar-refractivity contribution >= 4 is 28.6 Å².